The fraction of sp³-hybridized carbons (Fsp3) is 0.323. The predicted molar refractivity (Wildman–Crippen MR) is 156 cm³/mol. The Kier molecular flexibility index (Phi) is 7.83. The van der Waals surface area contributed by atoms with Crippen LogP contribution in [0, 0.1) is 12.7 Å². The third-order valence-electron chi connectivity index (χ3n) is 6.86. The molecule has 212 valence electrons. The molecule has 1 saturated heterocycles. The zero-order valence-corrected chi connectivity index (χ0v) is 23.6. The molecular weight excluding hydrogens is 523 g/mol. The van der Waals surface area contributed by atoms with Gasteiger partial charge in [-0.15, -0.1) is 0 Å². The first-order chi connectivity index (χ1) is 19.6. The number of amides is 2. The third-order valence-corrected chi connectivity index (χ3v) is 6.86. The Hall–Kier alpha value is -4.60. The van der Waals surface area contributed by atoms with E-state index in [2.05, 4.69) is 20.3 Å². The van der Waals surface area contributed by atoms with Crippen LogP contribution in [0.25, 0.3) is 10.8 Å². The van der Waals surface area contributed by atoms with Crippen LogP contribution in [0.4, 0.5) is 26.6 Å². The summed E-state index contributed by atoms with van der Waals surface area (Å²) >= 11 is 0. The minimum absolute atomic E-state index is 0.105. The van der Waals surface area contributed by atoms with Crippen molar-refractivity contribution >= 4 is 40.2 Å². The Morgan fingerprint density at radius 3 is 2.56 bits per heavy atom. The molecule has 0 spiro atoms. The predicted octanol–water partition coefficient (Wildman–Crippen LogP) is 6.26. The number of rotatable bonds is 5. The Morgan fingerprint density at radius 1 is 1.05 bits per heavy atom. The molecule has 1 fully saturated rings. The third kappa shape index (κ3) is 6.26. The Morgan fingerprint density at radius 2 is 1.83 bits per heavy atom. The van der Waals surface area contributed by atoms with Gasteiger partial charge in [-0.1, -0.05) is 18.2 Å². The monoisotopic (exact) mass is 556 g/mol. The fourth-order valence-electron chi connectivity index (χ4n) is 5.05. The molecule has 4 aromatic rings. The van der Waals surface area contributed by atoms with Crippen LogP contribution in [-0.4, -0.2) is 56.6 Å². The number of hydrogen-bond acceptors (Lipinski definition) is 7. The summed E-state index contributed by atoms with van der Waals surface area (Å²) in [7, 11) is 0. The molecule has 1 aliphatic heterocycles. The first-order valence-corrected chi connectivity index (χ1v) is 13.6. The maximum Gasteiger partial charge on any atom is 0.410 e. The van der Waals surface area contributed by atoms with E-state index in [9.17, 15) is 9.59 Å². The summed E-state index contributed by atoms with van der Waals surface area (Å²) in [6, 6.07) is 13.3. The Balaban J connectivity index is 1.53. The van der Waals surface area contributed by atoms with Gasteiger partial charge in [-0.05, 0) is 81.8 Å². The fourth-order valence-corrected chi connectivity index (χ4v) is 5.05. The topological polar surface area (TPSA) is 101 Å². The summed E-state index contributed by atoms with van der Waals surface area (Å²) in [6.45, 7) is 8.14. The second kappa shape index (κ2) is 11.5. The van der Waals surface area contributed by atoms with Gasteiger partial charge in [0.15, 0.2) is 0 Å². The van der Waals surface area contributed by atoms with Crippen molar-refractivity contribution in [2.75, 3.05) is 23.3 Å². The van der Waals surface area contributed by atoms with Crippen LogP contribution in [0.5, 0.6) is 0 Å². The molecule has 0 aliphatic carbocycles. The van der Waals surface area contributed by atoms with Crippen LogP contribution in [-0.2, 0) is 4.74 Å². The van der Waals surface area contributed by atoms with E-state index < -0.39 is 29.5 Å². The van der Waals surface area contributed by atoms with Gasteiger partial charge in [0.1, 0.15) is 17.2 Å². The van der Waals surface area contributed by atoms with Crippen LogP contribution in [0.15, 0.2) is 67.1 Å². The zero-order valence-electron chi connectivity index (χ0n) is 23.6. The molecule has 0 saturated carbocycles. The normalized spacial score (nSPS) is 15.4. The minimum atomic E-state index is -0.697. The van der Waals surface area contributed by atoms with Crippen molar-refractivity contribution in [2.45, 2.75) is 52.2 Å². The van der Waals surface area contributed by atoms with Crippen LogP contribution in [0.1, 0.15) is 49.5 Å². The molecule has 10 heteroatoms. The number of carbonyl (C=O) groups is 2. The highest BCUT2D eigenvalue weighted by Gasteiger charge is 2.36. The van der Waals surface area contributed by atoms with Crippen LogP contribution in [0.2, 0.25) is 0 Å². The number of aromatic nitrogens is 3. The molecule has 1 atom stereocenters. The number of ether oxygens (including phenoxy) is 1. The first kappa shape index (κ1) is 27.9. The lowest BCUT2D eigenvalue weighted by molar-refractivity contribution is 0.0196. The molecule has 2 aromatic heterocycles. The standard InChI is InChI=1S/C31H33FN6O3/c1-20-8-5-9-21-13-16-33-27(26(20)21)38(23-10-6-17-37(19-23)30(40)41-31(2,3)4)28(39)24-12-11-22(18-25(24)32)36-29-34-14-7-15-35-29/h5,7-9,11-16,18,23H,6,10,17,19H2,1-4H3,(H,34,35,36)/t23-/m1/s1. The molecule has 0 unspecified atom stereocenters. The van der Waals surface area contributed by atoms with Crippen molar-refractivity contribution in [1.29, 1.82) is 0 Å². The SMILES string of the molecule is Cc1cccc2ccnc(N(C(=O)c3ccc(Nc4ncccn4)cc3F)[C@@H]3CCCN(C(=O)OC(C)(C)C)C3)c12. The van der Waals surface area contributed by atoms with Crippen LogP contribution in [0.3, 0.4) is 0 Å². The lowest BCUT2D eigenvalue weighted by Gasteiger charge is -2.39. The number of benzene rings is 2. The number of fused-ring (bicyclic) bond motifs is 1. The molecule has 2 amide bonds. The second-order valence-corrected chi connectivity index (χ2v) is 11.1. The largest absolute Gasteiger partial charge is 0.444 e. The van der Waals surface area contributed by atoms with E-state index in [0.717, 1.165) is 16.3 Å². The van der Waals surface area contributed by atoms with E-state index in [4.69, 9.17) is 4.74 Å². The average Bonchev–Trinajstić information content (AvgIpc) is 2.93. The van der Waals surface area contributed by atoms with Gasteiger partial charge in [0.2, 0.25) is 5.95 Å². The summed E-state index contributed by atoms with van der Waals surface area (Å²) in [5, 5.41) is 4.66. The highest BCUT2D eigenvalue weighted by atomic mass is 19.1. The number of carbonyl (C=O) groups excluding carboxylic acids is 2. The summed E-state index contributed by atoms with van der Waals surface area (Å²) in [6.07, 6.45) is 5.62. The van der Waals surface area contributed by atoms with Crippen molar-refractivity contribution in [3.63, 3.8) is 0 Å². The van der Waals surface area contributed by atoms with Crippen molar-refractivity contribution in [2.24, 2.45) is 0 Å². The molecule has 2 aromatic carbocycles. The molecule has 3 heterocycles. The molecule has 9 nitrogen and oxygen atoms in total. The van der Waals surface area contributed by atoms with Gasteiger partial charge in [0.05, 0.1) is 11.6 Å². The highest BCUT2D eigenvalue weighted by molar-refractivity contribution is 6.11. The van der Waals surface area contributed by atoms with Crippen molar-refractivity contribution < 1.29 is 18.7 Å². The molecule has 0 radical (unpaired) electrons. The minimum Gasteiger partial charge on any atom is -0.444 e. The van der Waals surface area contributed by atoms with E-state index in [1.54, 1.807) is 40.5 Å². The highest BCUT2D eigenvalue weighted by Crippen LogP contribution is 2.33. The molecule has 1 aliphatic rings. The number of piperidine rings is 1. The Labute approximate surface area is 238 Å². The van der Waals surface area contributed by atoms with Crippen LogP contribution >= 0.6 is 0 Å². The lowest BCUT2D eigenvalue weighted by atomic mass is 10.00. The summed E-state index contributed by atoms with van der Waals surface area (Å²) in [4.78, 5) is 43.2. The second-order valence-electron chi connectivity index (χ2n) is 11.1. The maximum atomic E-state index is 15.6. The van der Waals surface area contributed by atoms with E-state index in [0.29, 0.717) is 36.8 Å². The van der Waals surface area contributed by atoms with E-state index in [1.807, 2.05) is 52.0 Å². The van der Waals surface area contributed by atoms with Crippen LogP contribution < -0.4 is 10.2 Å². The number of aryl methyl sites for hydroxylation is 1. The molecule has 1 N–H and O–H groups in total. The zero-order chi connectivity index (χ0) is 29.1. The number of nitrogens with one attached hydrogen (secondary N) is 1. The summed E-state index contributed by atoms with van der Waals surface area (Å²) in [5.74, 6) is -0.490. The quantitative estimate of drug-likeness (QED) is 0.310. The Bertz CT molecular complexity index is 1570. The number of pyridine rings is 1. The van der Waals surface area contributed by atoms with Gasteiger partial charge < -0.3 is 15.0 Å². The molecule has 5 rings (SSSR count). The average molecular weight is 557 g/mol. The van der Waals surface area contributed by atoms with Crippen molar-refractivity contribution in [3.8, 4) is 0 Å². The first-order valence-electron chi connectivity index (χ1n) is 13.6. The van der Waals surface area contributed by atoms with Gasteiger partial charge in [-0.3, -0.25) is 9.69 Å². The van der Waals surface area contributed by atoms with Gasteiger partial charge >= 0.3 is 6.09 Å². The summed E-state index contributed by atoms with van der Waals surface area (Å²) < 4.78 is 21.2. The number of likely N-dealkylation sites (tertiary alicyclic amines) is 1. The maximum absolute atomic E-state index is 15.6. The van der Waals surface area contributed by atoms with Gasteiger partial charge in [-0.2, -0.15) is 0 Å². The number of anilines is 3. The number of halogens is 1. The summed E-state index contributed by atoms with van der Waals surface area (Å²) in [5.41, 5.74) is 0.583. The van der Waals surface area contributed by atoms with Gasteiger partial charge in [-0.25, -0.2) is 24.1 Å². The van der Waals surface area contributed by atoms with Gasteiger partial charge in [0.25, 0.3) is 5.91 Å². The molecular formula is C31H33FN6O3. The van der Waals surface area contributed by atoms with Gasteiger partial charge in [0, 0.05) is 42.8 Å². The van der Waals surface area contributed by atoms with E-state index in [-0.39, 0.29) is 12.1 Å². The van der Waals surface area contributed by atoms with E-state index >= 15 is 4.39 Å². The van der Waals surface area contributed by atoms with Crippen molar-refractivity contribution in [1.82, 2.24) is 19.9 Å². The molecule has 0 bridgehead atoms. The number of hydrogen-bond donors (Lipinski definition) is 1. The molecule has 41 heavy (non-hydrogen) atoms. The van der Waals surface area contributed by atoms with Crippen molar-refractivity contribution in [3.05, 3.63) is 84.1 Å². The number of nitrogens with zero attached hydrogens (tertiary/aromatic N) is 5. The lowest BCUT2D eigenvalue weighted by Crippen LogP contribution is -2.53. The smallest absolute Gasteiger partial charge is 0.410 e. The van der Waals surface area contributed by atoms with E-state index in [1.165, 1.54) is 12.1 Å².